The van der Waals surface area contributed by atoms with Gasteiger partial charge in [-0.25, -0.2) is 0 Å². The van der Waals surface area contributed by atoms with E-state index in [1.54, 1.807) is 0 Å². The Labute approximate surface area is 488 Å². The van der Waals surface area contributed by atoms with E-state index in [9.17, 15) is 0 Å². The van der Waals surface area contributed by atoms with E-state index in [2.05, 4.69) is 221 Å². The van der Waals surface area contributed by atoms with Crippen molar-refractivity contribution in [1.82, 2.24) is 24.9 Å². The van der Waals surface area contributed by atoms with Gasteiger partial charge in [-0.3, -0.25) is 24.9 Å². The van der Waals surface area contributed by atoms with Crippen LogP contribution in [0, 0.1) is 118 Å². The van der Waals surface area contributed by atoms with Crippen LogP contribution in [-0.2, 0) is 32.1 Å². The largest absolute Gasteiger partial charge is 0.260 e. The SMILES string of the molecule is Cc1c(C)c(C)c2c(c1C)Cc1ncccc1-2.Cc1cc2c(c(C)c1C)Cc1nccc(C)c1-2.Cc1ccc2c(c1C)Cc1nccc(C)c1-2.Cc1ccc2c(n1)Cc1c-2ccc(C)c1C.Cc1cnc2c(c1)-c1ccc(C)c(C)c1C2. The van der Waals surface area contributed by atoms with E-state index in [1.165, 1.54) is 201 Å². The molecule has 412 valence electrons. The summed E-state index contributed by atoms with van der Waals surface area (Å²) in [6, 6.07) is 30.7. The number of nitrogens with zero attached hydrogens (tertiary/aromatic N) is 5. The Morgan fingerprint density at radius 2 is 0.732 bits per heavy atom. The van der Waals surface area contributed by atoms with Crippen LogP contribution in [0.4, 0.5) is 0 Å². The highest BCUT2D eigenvalue weighted by Gasteiger charge is 2.28. The van der Waals surface area contributed by atoms with Crippen LogP contribution in [0.15, 0.2) is 110 Å². The second kappa shape index (κ2) is 22.0. The van der Waals surface area contributed by atoms with Crippen LogP contribution in [0.1, 0.15) is 151 Å². The van der Waals surface area contributed by atoms with E-state index >= 15 is 0 Å². The number of rotatable bonds is 0. The van der Waals surface area contributed by atoms with Gasteiger partial charge in [-0.1, -0.05) is 54.6 Å². The molecule has 5 aliphatic carbocycles. The van der Waals surface area contributed by atoms with Gasteiger partial charge in [0.25, 0.3) is 0 Å². The molecule has 5 aliphatic rings. The van der Waals surface area contributed by atoms with Gasteiger partial charge in [0.15, 0.2) is 0 Å². The lowest BCUT2D eigenvalue weighted by Crippen LogP contribution is -1.98. The highest BCUT2D eigenvalue weighted by Crippen LogP contribution is 2.45. The first-order chi connectivity index (χ1) is 39.2. The van der Waals surface area contributed by atoms with Gasteiger partial charge in [0.05, 0.1) is 28.5 Å². The van der Waals surface area contributed by atoms with E-state index in [1.807, 2.05) is 30.9 Å². The van der Waals surface area contributed by atoms with Crippen molar-refractivity contribution in [3.63, 3.8) is 0 Å². The van der Waals surface area contributed by atoms with Crippen molar-refractivity contribution in [1.29, 1.82) is 0 Å². The topological polar surface area (TPSA) is 64.5 Å². The summed E-state index contributed by atoms with van der Waals surface area (Å²) < 4.78 is 0. The summed E-state index contributed by atoms with van der Waals surface area (Å²) in [5, 5.41) is 0. The van der Waals surface area contributed by atoms with Crippen molar-refractivity contribution >= 4 is 0 Å². The fourth-order valence-electron chi connectivity index (χ4n) is 13.4. The molecule has 0 saturated heterocycles. The average Bonchev–Trinajstić information content (AvgIpc) is 4.33. The summed E-state index contributed by atoms with van der Waals surface area (Å²) in [7, 11) is 0. The molecule has 5 aromatic carbocycles. The standard InChI is InChI=1S/2C16H17N.3C15H15N/c1-9-5-6-17-15-8-13-12(4)11(3)10(2)7-14(13)16(9)15;1-9-10(2)12(4)16-13-6-5-7-17-15(13)8-14(16)11(9)3;1-9-4-6-12-13-7-5-10(2)16-15(13)8-14(12)11(9)3;1-9-6-14-12-5-4-10(2)11(3)13(12)7-15(14)16-8-9;1-9-4-5-12-13(11(9)3)8-14-15(12)10(2)6-7-16-14/h2*5-7H,8H2,1-4H3;4-7H,8H2,1-3H3;4-6,8H,7H2,1-3H3;4-7H,8H2,1-3H3. The molecule has 0 bridgehead atoms. The van der Waals surface area contributed by atoms with E-state index in [0.717, 1.165) is 37.8 Å². The van der Waals surface area contributed by atoms with Crippen LogP contribution < -0.4 is 0 Å². The molecule has 0 atom stereocenters. The smallest absolute Gasteiger partial charge is 0.0529 e. The lowest BCUT2D eigenvalue weighted by molar-refractivity contribution is 1.06. The van der Waals surface area contributed by atoms with Crippen molar-refractivity contribution in [2.45, 2.75) is 150 Å². The molecule has 82 heavy (non-hydrogen) atoms. The number of aryl methyl sites for hydroxylation is 8. The predicted octanol–water partition coefficient (Wildman–Crippen LogP) is 18.5. The Morgan fingerprint density at radius 1 is 0.268 bits per heavy atom. The predicted molar refractivity (Wildman–Crippen MR) is 343 cm³/mol. The Kier molecular flexibility index (Phi) is 14.9. The first-order valence-electron chi connectivity index (χ1n) is 29.4. The Hall–Kier alpha value is -8.15. The van der Waals surface area contributed by atoms with Gasteiger partial charge in [-0.05, 0) is 293 Å². The minimum absolute atomic E-state index is 0.998. The number of fused-ring (bicyclic) bond motifs is 15. The quantitative estimate of drug-likeness (QED) is 0.151. The Balaban J connectivity index is 0.000000108. The number of pyridine rings is 5. The maximum absolute atomic E-state index is 4.64. The molecule has 0 spiro atoms. The molecule has 15 rings (SSSR count). The average molecular weight is 1070 g/mol. The fourth-order valence-corrected chi connectivity index (χ4v) is 13.4. The van der Waals surface area contributed by atoms with Crippen molar-refractivity contribution < 1.29 is 0 Å². The molecule has 5 heteroatoms. The normalized spacial score (nSPS) is 12.5. The molecule has 0 saturated carbocycles. The Morgan fingerprint density at radius 3 is 1.35 bits per heavy atom. The van der Waals surface area contributed by atoms with Crippen molar-refractivity contribution in [2.24, 2.45) is 0 Å². The molecule has 5 aromatic heterocycles. The highest BCUT2D eigenvalue weighted by atomic mass is 14.7. The van der Waals surface area contributed by atoms with E-state index in [0.29, 0.717) is 0 Å². The monoisotopic (exact) mass is 1070 g/mol. The van der Waals surface area contributed by atoms with Crippen molar-refractivity contribution in [2.75, 3.05) is 0 Å². The lowest BCUT2D eigenvalue weighted by atomic mass is 9.89. The van der Waals surface area contributed by atoms with Crippen LogP contribution >= 0.6 is 0 Å². The van der Waals surface area contributed by atoms with Crippen LogP contribution in [0.5, 0.6) is 0 Å². The van der Waals surface area contributed by atoms with E-state index < -0.39 is 0 Å². The third kappa shape index (κ3) is 9.80. The van der Waals surface area contributed by atoms with E-state index in [4.69, 9.17) is 0 Å². The summed E-state index contributed by atoms with van der Waals surface area (Å²) in [6.45, 7) is 37.3. The summed E-state index contributed by atoms with van der Waals surface area (Å²) in [5.41, 5.74) is 50.7. The fraction of sp³-hybridized carbons (Fsp3) is 0.286. The summed E-state index contributed by atoms with van der Waals surface area (Å²) in [5.74, 6) is 0. The number of hydrogen-bond donors (Lipinski definition) is 0. The zero-order valence-electron chi connectivity index (χ0n) is 51.7. The molecule has 0 amide bonds. The lowest BCUT2D eigenvalue weighted by Gasteiger charge is -2.15. The molecule has 0 fully saturated rings. The van der Waals surface area contributed by atoms with Gasteiger partial charge in [0.2, 0.25) is 0 Å². The Bertz CT molecular complexity index is 4260. The minimum atomic E-state index is 0.998. The van der Waals surface area contributed by atoms with Gasteiger partial charge in [-0.2, -0.15) is 0 Å². The summed E-state index contributed by atoms with van der Waals surface area (Å²) in [4.78, 5) is 22.7. The van der Waals surface area contributed by atoms with Gasteiger partial charge in [0, 0.05) is 90.4 Å². The molecule has 0 radical (unpaired) electrons. The van der Waals surface area contributed by atoms with Crippen LogP contribution in [0.3, 0.4) is 0 Å². The first-order valence-corrected chi connectivity index (χ1v) is 29.4. The molecular formula is C77H79N5. The molecular weight excluding hydrogens is 995 g/mol. The van der Waals surface area contributed by atoms with Crippen LogP contribution in [-0.4, -0.2) is 24.9 Å². The van der Waals surface area contributed by atoms with Gasteiger partial charge < -0.3 is 0 Å². The van der Waals surface area contributed by atoms with Gasteiger partial charge >= 0.3 is 0 Å². The minimum Gasteiger partial charge on any atom is -0.260 e. The summed E-state index contributed by atoms with van der Waals surface area (Å²) in [6.07, 6.45) is 12.7. The molecule has 10 aromatic rings. The van der Waals surface area contributed by atoms with Crippen LogP contribution in [0.2, 0.25) is 0 Å². The number of aromatic nitrogens is 5. The van der Waals surface area contributed by atoms with Gasteiger partial charge in [0.1, 0.15) is 0 Å². The zero-order chi connectivity index (χ0) is 58.2. The zero-order valence-corrected chi connectivity index (χ0v) is 51.7. The second-order valence-electron chi connectivity index (χ2n) is 24.2. The maximum Gasteiger partial charge on any atom is 0.0529 e. The third-order valence-electron chi connectivity index (χ3n) is 19.4. The molecule has 0 aliphatic heterocycles. The van der Waals surface area contributed by atoms with Crippen LogP contribution in [0.25, 0.3) is 55.6 Å². The molecule has 0 unspecified atom stereocenters. The molecule has 5 nitrogen and oxygen atoms in total. The second-order valence-corrected chi connectivity index (χ2v) is 24.2. The highest BCUT2D eigenvalue weighted by molar-refractivity contribution is 5.83. The number of benzene rings is 5. The maximum atomic E-state index is 4.64. The van der Waals surface area contributed by atoms with Crippen molar-refractivity contribution in [3.8, 4) is 55.6 Å². The molecule has 0 N–H and O–H groups in total. The van der Waals surface area contributed by atoms with Gasteiger partial charge in [-0.15, -0.1) is 0 Å². The van der Waals surface area contributed by atoms with Crippen molar-refractivity contribution in [3.05, 3.63) is 261 Å². The number of hydrogen-bond acceptors (Lipinski definition) is 5. The summed E-state index contributed by atoms with van der Waals surface area (Å²) >= 11 is 0. The first kappa shape index (κ1) is 55.7. The van der Waals surface area contributed by atoms with E-state index in [-0.39, 0.29) is 0 Å². The molecule has 5 heterocycles. The third-order valence-corrected chi connectivity index (χ3v) is 19.4.